The summed E-state index contributed by atoms with van der Waals surface area (Å²) in [6.45, 7) is 2.99. The van der Waals surface area contributed by atoms with Crippen molar-refractivity contribution in [1.82, 2.24) is 0 Å². The number of fused-ring (bicyclic) bond motifs is 3. The topological polar surface area (TPSA) is 67.4 Å². The highest BCUT2D eigenvalue weighted by molar-refractivity contribution is 5.91. The number of hydrogen-bond acceptors (Lipinski definition) is 4. The van der Waals surface area contributed by atoms with Crippen molar-refractivity contribution in [2.45, 2.75) is 25.0 Å². The molecule has 3 saturated heterocycles. The molecule has 3 aliphatic rings. The van der Waals surface area contributed by atoms with Gasteiger partial charge in [0.15, 0.2) is 18.7 Å². The predicted octanol–water partition coefficient (Wildman–Crippen LogP) is 4.63. The summed E-state index contributed by atoms with van der Waals surface area (Å²) in [7, 11) is 0. The van der Waals surface area contributed by atoms with Crippen molar-refractivity contribution in [3.05, 3.63) is 96.6 Å². The third-order valence-corrected chi connectivity index (χ3v) is 7.30. The molecule has 0 unspecified atom stereocenters. The van der Waals surface area contributed by atoms with Gasteiger partial charge in [0.1, 0.15) is 6.54 Å². The molecule has 2 bridgehead atoms. The van der Waals surface area contributed by atoms with Crippen LogP contribution in [0.3, 0.4) is 0 Å². The number of amides is 1. The van der Waals surface area contributed by atoms with Gasteiger partial charge < -0.3 is 19.9 Å². The Labute approximate surface area is 206 Å². The maximum absolute atomic E-state index is 13.5. The molecule has 3 aliphatic heterocycles. The number of para-hydroxylation sites is 2. The number of ether oxygens (including phenoxy) is 1. The van der Waals surface area contributed by atoms with Gasteiger partial charge in [0.2, 0.25) is 0 Å². The Bertz CT molecular complexity index is 1130. The maximum Gasteiger partial charge on any atom is 0.333 e. The predicted molar refractivity (Wildman–Crippen MR) is 137 cm³/mol. The number of anilines is 2. The first-order chi connectivity index (χ1) is 17.1. The number of carbonyl (C=O) groups is 2. The number of benzene rings is 3. The number of hydrogen-bond donors (Lipinski definition) is 2. The Hall–Kier alpha value is -3.64. The summed E-state index contributed by atoms with van der Waals surface area (Å²) in [6, 6.07) is 28.4. The minimum atomic E-state index is -0.594. The average Bonchev–Trinajstić information content (AvgIpc) is 2.89. The summed E-state index contributed by atoms with van der Waals surface area (Å²) >= 11 is 0. The van der Waals surface area contributed by atoms with Crippen LogP contribution in [0.25, 0.3) is 0 Å². The van der Waals surface area contributed by atoms with Gasteiger partial charge in [0, 0.05) is 30.1 Å². The molecule has 35 heavy (non-hydrogen) atoms. The van der Waals surface area contributed by atoms with Crippen LogP contribution in [0.5, 0.6) is 0 Å². The summed E-state index contributed by atoms with van der Waals surface area (Å²) in [5.41, 5.74) is 2.55. The second-order valence-electron chi connectivity index (χ2n) is 9.71. The van der Waals surface area contributed by atoms with Gasteiger partial charge >= 0.3 is 5.97 Å². The van der Waals surface area contributed by atoms with Crippen LogP contribution in [-0.2, 0) is 14.3 Å². The van der Waals surface area contributed by atoms with E-state index in [-0.39, 0.29) is 18.0 Å². The number of esters is 1. The fourth-order valence-electron chi connectivity index (χ4n) is 5.45. The Morgan fingerprint density at radius 3 is 2.03 bits per heavy atom. The average molecular weight is 471 g/mol. The summed E-state index contributed by atoms with van der Waals surface area (Å²) in [5, 5.41) is 6.37. The van der Waals surface area contributed by atoms with Gasteiger partial charge in [-0.05, 0) is 29.8 Å². The first-order valence-electron chi connectivity index (χ1n) is 12.4. The molecular weight excluding hydrogens is 438 g/mol. The van der Waals surface area contributed by atoms with E-state index in [4.69, 9.17) is 4.74 Å². The van der Waals surface area contributed by atoms with Gasteiger partial charge in [-0.2, -0.15) is 0 Å². The van der Waals surface area contributed by atoms with Crippen molar-refractivity contribution in [2.75, 3.05) is 36.8 Å². The van der Waals surface area contributed by atoms with Crippen LogP contribution in [0.15, 0.2) is 91.0 Å². The zero-order chi connectivity index (χ0) is 24.1. The van der Waals surface area contributed by atoms with E-state index in [2.05, 4.69) is 10.6 Å². The van der Waals surface area contributed by atoms with E-state index < -0.39 is 6.04 Å². The Kier molecular flexibility index (Phi) is 6.82. The van der Waals surface area contributed by atoms with Crippen molar-refractivity contribution >= 4 is 23.3 Å². The lowest BCUT2D eigenvalue weighted by atomic mass is 9.83. The molecule has 6 nitrogen and oxygen atoms in total. The molecule has 2 atom stereocenters. The van der Waals surface area contributed by atoms with Gasteiger partial charge in [-0.1, -0.05) is 66.7 Å². The van der Waals surface area contributed by atoms with Gasteiger partial charge in [0.05, 0.1) is 13.1 Å². The van der Waals surface area contributed by atoms with Crippen molar-refractivity contribution in [3.8, 4) is 0 Å². The van der Waals surface area contributed by atoms with Crippen molar-refractivity contribution < 1.29 is 18.8 Å². The van der Waals surface area contributed by atoms with Crippen LogP contribution in [0.4, 0.5) is 11.4 Å². The van der Waals surface area contributed by atoms with Crippen LogP contribution in [0.1, 0.15) is 24.4 Å². The molecule has 0 spiro atoms. The van der Waals surface area contributed by atoms with E-state index in [1.807, 2.05) is 91.0 Å². The third-order valence-electron chi connectivity index (χ3n) is 7.30. The smallest absolute Gasteiger partial charge is 0.333 e. The quantitative estimate of drug-likeness (QED) is 0.372. The van der Waals surface area contributed by atoms with E-state index in [1.165, 1.54) is 0 Å². The first kappa shape index (κ1) is 23.1. The molecule has 3 heterocycles. The maximum atomic E-state index is 13.5. The number of piperidine rings is 3. The molecule has 0 aromatic heterocycles. The van der Waals surface area contributed by atoms with Crippen LogP contribution < -0.4 is 10.6 Å². The zero-order valence-corrected chi connectivity index (χ0v) is 19.8. The monoisotopic (exact) mass is 470 g/mol. The van der Waals surface area contributed by atoms with Gasteiger partial charge in [-0.15, -0.1) is 0 Å². The van der Waals surface area contributed by atoms with E-state index in [0.29, 0.717) is 23.5 Å². The standard InChI is InChI=1S/C29H31N3O3/c33-27(30-24-12-6-2-7-13-24)21-32-18-16-22(17-19-32)26(20-32)35-29(34)28(23-10-4-1-5-11-23)31-25-14-8-3-9-15-25/h1-15,22,26,28,31H,16-21H2/p+1/t22?,26-,28+,32?/m0/s1. The minimum Gasteiger partial charge on any atom is -0.454 e. The van der Waals surface area contributed by atoms with E-state index in [9.17, 15) is 9.59 Å². The minimum absolute atomic E-state index is 0.00883. The summed E-state index contributed by atoms with van der Waals surface area (Å²) < 4.78 is 6.87. The number of nitrogens with one attached hydrogen (secondary N) is 2. The SMILES string of the molecule is O=C(C[N+]12CCC(CC1)[C@@H](OC(=O)[C@H](Nc1ccccc1)c1ccccc1)C2)Nc1ccccc1. The molecule has 2 N–H and O–H groups in total. The number of quaternary nitrogens is 1. The van der Waals surface area contributed by atoms with Gasteiger partial charge in [-0.25, -0.2) is 4.79 Å². The zero-order valence-electron chi connectivity index (χ0n) is 19.8. The molecule has 180 valence electrons. The fourth-order valence-corrected chi connectivity index (χ4v) is 5.45. The molecular formula is C29H32N3O3+. The molecule has 6 heteroatoms. The summed E-state index contributed by atoms with van der Waals surface area (Å²) in [4.78, 5) is 26.3. The third kappa shape index (κ3) is 5.54. The molecule has 0 radical (unpaired) electrons. The van der Waals surface area contributed by atoms with Crippen molar-refractivity contribution in [3.63, 3.8) is 0 Å². The molecule has 3 fully saturated rings. The lowest BCUT2D eigenvalue weighted by Crippen LogP contribution is -2.66. The van der Waals surface area contributed by atoms with Gasteiger partial charge in [-0.3, -0.25) is 4.79 Å². The van der Waals surface area contributed by atoms with Crippen LogP contribution in [-0.4, -0.2) is 48.6 Å². The first-order valence-corrected chi connectivity index (χ1v) is 12.4. The number of nitrogens with zero attached hydrogens (tertiary/aromatic N) is 1. The normalized spacial score (nSPS) is 23.8. The Morgan fingerprint density at radius 1 is 0.829 bits per heavy atom. The fraction of sp³-hybridized carbons (Fsp3) is 0.310. The van der Waals surface area contributed by atoms with Gasteiger partial charge in [0.25, 0.3) is 5.91 Å². The largest absolute Gasteiger partial charge is 0.454 e. The van der Waals surface area contributed by atoms with Crippen LogP contribution in [0.2, 0.25) is 0 Å². The molecule has 3 aromatic rings. The highest BCUT2D eigenvalue weighted by Crippen LogP contribution is 2.36. The molecule has 0 saturated carbocycles. The van der Waals surface area contributed by atoms with Crippen LogP contribution in [0, 0.1) is 5.92 Å². The highest BCUT2D eigenvalue weighted by Gasteiger charge is 2.49. The van der Waals surface area contributed by atoms with E-state index >= 15 is 0 Å². The van der Waals surface area contributed by atoms with Crippen LogP contribution >= 0.6 is 0 Å². The molecule has 3 aromatic carbocycles. The Morgan fingerprint density at radius 2 is 1.40 bits per heavy atom. The lowest BCUT2D eigenvalue weighted by molar-refractivity contribution is -0.938. The molecule has 1 amide bonds. The summed E-state index contributed by atoms with van der Waals surface area (Å²) in [6.07, 6.45) is 1.76. The Balaban J connectivity index is 1.27. The lowest BCUT2D eigenvalue weighted by Gasteiger charge is -2.51. The second-order valence-corrected chi connectivity index (χ2v) is 9.71. The second kappa shape index (κ2) is 10.3. The van der Waals surface area contributed by atoms with Crippen molar-refractivity contribution in [2.24, 2.45) is 5.92 Å². The van der Waals surface area contributed by atoms with E-state index in [1.54, 1.807) is 0 Å². The van der Waals surface area contributed by atoms with Crippen molar-refractivity contribution in [1.29, 1.82) is 0 Å². The number of rotatable bonds is 8. The number of carbonyl (C=O) groups excluding carboxylic acids is 2. The highest BCUT2D eigenvalue weighted by atomic mass is 16.5. The van der Waals surface area contributed by atoms with E-state index in [0.717, 1.165) is 42.9 Å². The molecule has 6 rings (SSSR count). The molecule has 0 aliphatic carbocycles. The summed E-state index contributed by atoms with van der Waals surface area (Å²) in [5.74, 6) is 0.0875.